The van der Waals surface area contributed by atoms with Gasteiger partial charge < -0.3 is 5.32 Å². The van der Waals surface area contributed by atoms with Crippen molar-refractivity contribution in [2.24, 2.45) is 0 Å². The fraction of sp³-hybridized carbons (Fsp3) is 0.190. The number of rotatable bonds is 7. The molecule has 3 rings (SSSR count). The summed E-state index contributed by atoms with van der Waals surface area (Å²) < 4.78 is 28.1. The summed E-state index contributed by atoms with van der Waals surface area (Å²) in [5.41, 5.74) is 3.56. The van der Waals surface area contributed by atoms with Crippen molar-refractivity contribution in [2.45, 2.75) is 30.5 Å². The van der Waals surface area contributed by atoms with Crippen LogP contribution in [0.2, 0.25) is 0 Å². The highest BCUT2D eigenvalue weighted by Gasteiger charge is 2.27. The standard InChI is InChI=1S/C21H22N2O3S2/c1-15-8-6-11-18(16(15)2)22-21(24)19(14-17-9-4-3-5-10-17)23-28(25,26)20-12-7-13-27-20/h3-13,19,23H,14H2,1-2H3,(H,22,24)/t19-/m0/s1. The molecular weight excluding hydrogens is 392 g/mol. The molecule has 0 radical (unpaired) electrons. The van der Waals surface area contributed by atoms with Crippen molar-refractivity contribution in [3.63, 3.8) is 0 Å². The molecule has 146 valence electrons. The number of carbonyl (C=O) groups excluding carboxylic acids is 1. The molecule has 0 saturated carbocycles. The fourth-order valence-electron chi connectivity index (χ4n) is 2.81. The molecule has 1 atom stereocenters. The molecule has 7 heteroatoms. The number of sulfonamides is 1. The summed E-state index contributed by atoms with van der Waals surface area (Å²) in [6, 6.07) is 17.2. The summed E-state index contributed by atoms with van der Waals surface area (Å²) in [5.74, 6) is -0.391. The molecule has 0 aliphatic carbocycles. The van der Waals surface area contributed by atoms with E-state index in [1.807, 2.05) is 62.4 Å². The Morgan fingerprint density at radius 2 is 1.75 bits per heavy atom. The van der Waals surface area contributed by atoms with Crippen LogP contribution in [0.15, 0.2) is 70.3 Å². The van der Waals surface area contributed by atoms with Gasteiger partial charge in [0.25, 0.3) is 10.0 Å². The average molecular weight is 415 g/mol. The summed E-state index contributed by atoms with van der Waals surface area (Å²) in [6.45, 7) is 3.89. The van der Waals surface area contributed by atoms with Gasteiger partial charge in [-0.1, -0.05) is 48.5 Å². The second-order valence-corrected chi connectivity index (χ2v) is 9.42. The minimum atomic E-state index is -3.78. The smallest absolute Gasteiger partial charge is 0.250 e. The maximum Gasteiger partial charge on any atom is 0.250 e. The van der Waals surface area contributed by atoms with E-state index in [0.717, 1.165) is 28.0 Å². The summed E-state index contributed by atoms with van der Waals surface area (Å²) in [5, 5.41) is 4.57. The van der Waals surface area contributed by atoms with Crippen LogP contribution in [0.25, 0.3) is 0 Å². The van der Waals surface area contributed by atoms with Gasteiger partial charge in [-0.25, -0.2) is 8.42 Å². The number of amides is 1. The Morgan fingerprint density at radius 1 is 1.00 bits per heavy atom. The summed E-state index contributed by atoms with van der Waals surface area (Å²) in [4.78, 5) is 13.0. The number of benzene rings is 2. The van der Waals surface area contributed by atoms with E-state index in [9.17, 15) is 13.2 Å². The molecule has 0 bridgehead atoms. The number of thiophene rings is 1. The quantitative estimate of drug-likeness (QED) is 0.616. The molecule has 5 nitrogen and oxygen atoms in total. The SMILES string of the molecule is Cc1cccc(NC(=O)[C@H](Cc2ccccc2)NS(=O)(=O)c2cccs2)c1C. The highest BCUT2D eigenvalue weighted by molar-refractivity contribution is 7.91. The zero-order valence-electron chi connectivity index (χ0n) is 15.7. The summed E-state index contributed by atoms with van der Waals surface area (Å²) in [6.07, 6.45) is 0.252. The first-order chi connectivity index (χ1) is 13.4. The number of aryl methyl sites for hydroxylation is 1. The van der Waals surface area contributed by atoms with E-state index in [4.69, 9.17) is 0 Å². The molecule has 0 aliphatic rings. The number of hydrogen-bond acceptors (Lipinski definition) is 4. The van der Waals surface area contributed by atoms with Gasteiger partial charge in [0.05, 0.1) is 0 Å². The van der Waals surface area contributed by atoms with Crippen LogP contribution in [0.5, 0.6) is 0 Å². The molecule has 1 heterocycles. The highest BCUT2D eigenvalue weighted by Crippen LogP contribution is 2.20. The molecule has 2 N–H and O–H groups in total. The Morgan fingerprint density at radius 3 is 2.43 bits per heavy atom. The van der Waals surface area contributed by atoms with Crippen LogP contribution in [0, 0.1) is 13.8 Å². The van der Waals surface area contributed by atoms with Crippen LogP contribution in [0.1, 0.15) is 16.7 Å². The lowest BCUT2D eigenvalue weighted by Crippen LogP contribution is -2.45. The van der Waals surface area contributed by atoms with Gasteiger partial charge in [0.2, 0.25) is 5.91 Å². The molecular formula is C21H22N2O3S2. The molecule has 0 aliphatic heterocycles. The van der Waals surface area contributed by atoms with Gasteiger partial charge in [0.1, 0.15) is 10.3 Å². The predicted octanol–water partition coefficient (Wildman–Crippen LogP) is 3.89. The molecule has 1 amide bonds. The maximum atomic E-state index is 13.0. The van der Waals surface area contributed by atoms with Crippen LogP contribution in [-0.2, 0) is 21.2 Å². The van der Waals surface area contributed by atoms with Crippen LogP contribution in [0.3, 0.4) is 0 Å². The Labute approximate surface area is 169 Å². The fourth-order valence-corrected chi connectivity index (χ4v) is 5.01. The van der Waals surface area contributed by atoms with Gasteiger partial charge in [-0.15, -0.1) is 11.3 Å². The zero-order valence-corrected chi connectivity index (χ0v) is 17.3. The molecule has 3 aromatic rings. The minimum Gasteiger partial charge on any atom is -0.324 e. The van der Waals surface area contributed by atoms with Crippen molar-refractivity contribution in [3.05, 3.63) is 82.7 Å². The topological polar surface area (TPSA) is 75.3 Å². The predicted molar refractivity (Wildman–Crippen MR) is 113 cm³/mol. The van der Waals surface area contributed by atoms with Crippen LogP contribution >= 0.6 is 11.3 Å². The van der Waals surface area contributed by atoms with E-state index in [-0.39, 0.29) is 10.6 Å². The average Bonchev–Trinajstić information content (AvgIpc) is 3.21. The zero-order chi connectivity index (χ0) is 20.1. The number of anilines is 1. The van der Waals surface area contributed by atoms with E-state index in [1.165, 1.54) is 6.07 Å². The van der Waals surface area contributed by atoms with E-state index < -0.39 is 22.0 Å². The molecule has 2 aromatic carbocycles. The molecule has 0 saturated heterocycles. The third-order valence-corrected chi connectivity index (χ3v) is 7.39. The van der Waals surface area contributed by atoms with Crippen molar-refractivity contribution < 1.29 is 13.2 Å². The largest absolute Gasteiger partial charge is 0.324 e. The third kappa shape index (κ3) is 4.86. The first-order valence-electron chi connectivity index (χ1n) is 8.83. The lowest BCUT2D eigenvalue weighted by Gasteiger charge is -2.19. The number of hydrogen-bond donors (Lipinski definition) is 2. The molecule has 0 unspecified atom stereocenters. The van der Waals surface area contributed by atoms with Crippen LogP contribution in [-0.4, -0.2) is 20.4 Å². The first-order valence-corrected chi connectivity index (χ1v) is 11.2. The van der Waals surface area contributed by atoms with E-state index in [2.05, 4.69) is 10.0 Å². The Kier molecular flexibility index (Phi) is 6.28. The minimum absolute atomic E-state index is 0.185. The second-order valence-electron chi connectivity index (χ2n) is 6.53. The van der Waals surface area contributed by atoms with Gasteiger partial charge >= 0.3 is 0 Å². The van der Waals surface area contributed by atoms with Crippen LogP contribution in [0.4, 0.5) is 5.69 Å². The third-order valence-electron chi connectivity index (χ3n) is 4.52. The van der Waals surface area contributed by atoms with E-state index in [0.29, 0.717) is 5.69 Å². The lowest BCUT2D eigenvalue weighted by atomic mass is 10.0. The van der Waals surface area contributed by atoms with Crippen molar-refractivity contribution >= 4 is 33.0 Å². The van der Waals surface area contributed by atoms with Crippen molar-refractivity contribution in [1.82, 2.24) is 4.72 Å². The normalized spacial score (nSPS) is 12.5. The van der Waals surface area contributed by atoms with Gasteiger partial charge in [-0.3, -0.25) is 4.79 Å². The first kappa shape index (κ1) is 20.3. The molecule has 0 spiro atoms. The van der Waals surface area contributed by atoms with Gasteiger partial charge in [-0.2, -0.15) is 4.72 Å². The van der Waals surface area contributed by atoms with Crippen LogP contribution < -0.4 is 10.0 Å². The Hall–Kier alpha value is -2.48. The molecule has 1 aromatic heterocycles. The van der Waals surface area contributed by atoms with Crippen molar-refractivity contribution in [1.29, 1.82) is 0 Å². The number of nitrogens with one attached hydrogen (secondary N) is 2. The van der Waals surface area contributed by atoms with Gasteiger partial charge in [0, 0.05) is 5.69 Å². The Bertz CT molecular complexity index is 1050. The summed E-state index contributed by atoms with van der Waals surface area (Å²) >= 11 is 1.12. The molecule has 28 heavy (non-hydrogen) atoms. The highest BCUT2D eigenvalue weighted by atomic mass is 32.2. The number of carbonyl (C=O) groups is 1. The van der Waals surface area contributed by atoms with Gasteiger partial charge in [-0.05, 0) is 54.5 Å². The van der Waals surface area contributed by atoms with E-state index >= 15 is 0 Å². The second kappa shape index (κ2) is 8.68. The van der Waals surface area contributed by atoms with E-state index in [1.54, 1.807) is 11.4 Å². The maximum absolute atomic E-state index is 13.0. The van der Waals surface area contributed by atoms with Crippen molar-refractivity contribution in [2.75, 3.05) is 5.32 Å². The molecule has 0 fully saturated rings. The Balaban J connectivity index is 1.87. The monoisotopic (exact) mass is 414 g/mol. The van der Waals surface area contributed by atoms with Gasteiger partial charge in [0.15, 0.2) is 0 Å². The lowest BCUT2D eigenvalue weighted by molar-refractivity contribution is -0.117. The van der Waals surface area contributed by atoms with Crippen molar-refractivity contribution in [3.8, 4) is 0 Å². The summed E-state index contributed by atoms with van der Waals surface area (Å²) in [7, 11) is -3.78.